The fourth-order valence-electron chi connectivity index (χ4n) is 3.29. The molecule has 1 aliphatic rings. The maximum Gasteiger partial charge on any atom is 0.0458 e. The first kappa shape index (κ1) is 14.5. The number of nitrogens with one attached hydrogen (secondary N) is 1. The number of hydroxylamine groups is 1. The van der Waals surface area contributed by atoms with Gasteiger partial charge in [0.2, 0.25) is 0 Å². The first-order chi connectivity index (χ1) is 9.00. The first-order valence-corrected chi connectivity index (χ1v) is 7.46. The number of benzene rings is 1. The zero-order chi connectivity index (χ0) is 13.9. The molecule has 0 atom stereocenters. The molecule has 0 aromatic heterocycles. The van der Waals surface area contributed by atoms with Crippen LogP contribution in [0.5, 0.6) is 0 Å². The van der Waals surface area contributed by atoms with Crippen molar-refractivity contribution in [3.63, 3.8) is 0 Å². The Balaban J connectivity index is 1.94. The maximum atomic E-state index is 8.69. The fourth-order valence-corrected chi connectivity index (χ4v) is 3.29. The smallest absolute Gasteiger partial charge is 0.0458 e. The molecule has 0 radical (unpaired) electrons. The summed E-state index contributed by atoms with van der Waals surface area (Å²) in [7, 11) is 0. The Morgan fingerprint density at radius 3 is 2.11 bits per heavy atom. The van der Waals surface area contributed by atoms with E-state index in [1.165, 1.54) is 31.2 Å². The molecule has 2 rings (SSSR count). The Morgan fingerprint density at radius 1 is 1.05 bits per heavy atom. The van der Waals surface area contributed by atoms with Gasteiger partial charge in [-0.3, -0.25) is 0 Å². The molecule has 106 valence electrons. The van der Waals surface area contributed by atoms with Gasteiger partial charge in [0, 0.05) is 6.54 Å². The minimum absolute atomic E-state index is 0.460. The summed E-state index contributed by atoms with van der Waals surface area (Å²) >= 11 is 0. The molecule has 1 aliphatic carbocycles. The van der Waals surface area contributed by atoms with Crippen molar-refractivity contribution in [2.75, 3.05) is 0 Å². The molecule has 1 fully saturated rings. The average molecular weight is 261 g/mol. The molecular weight excluding hydrogens is 234 g/mol. The topological polar surface area (TPSA) is 32.3 Å². The van der Waals surface area contributed by atoms with E-state index in [1.54, 1.807) is 0 Å². The Labute approximate surface area is 117 Å². The van der Waals surface area contributed by atoms with Crippen molar-refractivity contribution in [1.29, 1.82) is 0 Å². The van der Waals surface area contributed by atoms with Crippen LogP contribution in [0.4, 0.5) is 0 Å². The van der Waals surface area contributed by atoms with Crippen molar-refractivity contribution in [2.24, 2.45) is 11.3 Å². The van der Waals surface area contributed by atoms with Gasteiger partial charge in [-0.1, -0.05) is 45.0 Å². The maximum absolute atomic E-state index is 8.69. The molecule has 0 amide bonds. The zero-order valence-corrected chi connectivity index (χ0v) is 12.4. The quantitative estimate of drug-likeness (QED) is 0.786. The highest BCUT2D eigenvalue weighted by atomic mass is 16.5. The highest BCUT2D eigenvalue weighted by molar-refractivity contribution is 5.25. The van der Waals surface area contributed by atoms with Gasteiger partial charge in [-0.05, 0) is 54.1 Å². The predicted molar refractivity (Wildman–Crippen MR) is 79.2 cm³/mol. The van der Waals surface area contributed by atoms with E-state index < -0.39 is 0 Å². The first-order valence-electron chi connectivity index (χ1n) is 7.46. The third-order valence-corrected chi connectivity index (χ3v) is 4.69. The Kier molecular flexibility index (Phi) is 4.64. The Hall–Kier alpha value is -0.860. The highest BCUT2D eigenvalue weighted by Gasteiger charge is 2.30. The molecule has 0 heterocycles. The van der Waals surface area contributed by atoms with Gasteiger partial charge in [0.1, 0.15) is 0 Å². The van der Waals surface area contributed by atoms with E-state index in [2.05, 4.69) is 50.5 Å². The van der Waals surface area contributed by atoms with Crippen LogP contribution in [0.1, 0.15) is 63.5 Å². The van der Waals surface area contributed by atoms with Crippen molar-refractivity contribution in [2.45, 2.75) is 58.9 Å². The van der Waals surface area contributed by atoms with E-state index in [4.69, 9.17) is 5.21 Å². The van der Waals surface area contributed by atoms with Gasteiger partial charge >= 0.3 is 0 Å². The summed E-state index contributed by atoms with van der Waals surface area (Å²) in [5.41, 5.74) is 5.27. The van der Waals surface area contributed by atoms with E-state index in [0.717, 1.165) is 17.4 Å². The summed E-state index contributed by atoms with van der Waals surface area (Å²) in [5, 5.41) is 8.69. The molecular formula is C17H27NO. The van der Waals surface area contributed by atoms with E-state index in [-0.39, 0.29) is 0 Å². The van der Waals surface area contributed by atoms with Crippen molar-refractivity contribution in [1.82, 2.24) is 5.48 Å². The van der Waals surface area contributed by atoms with Crippen LogP contribution < -0.4 is 5.48 Å². The van der Waals surface area contributed by atoms with Crippen molar-refractivity contribution in [3.05, 3.63) is 35.4 Å². The number of hydrogen-bond donors (Lipinski definition) is 2. The van der Waals surface area contributed by atoms with Gasteiger partial charge in [-0.2, -0.15) is 0 Å². The van der Waals surface area contributed by atoms with E-state index >= 15 is 0 Å². The summed E-state index contributed by atoms with van der Waals surface area (Å²) in [6.45, 7) is 7.63. The molecule has 1 saturated carbocycles. The van der Waals surface area contributed by atoms with Crippen molar-refractivity contribution < 1.29 is 5.21 Å². The van der Waals surface area contributed by atoms with Crippen LogP contribution in [0.3, 0.4) is 0 Å². The van der Waals surface area contributed by atoms with Crippen LogP contribution in [0.25, 0.3) is 0 Å². The molecule has 1 aromatic rings. The van der Waals surface area contributed by atoms with Gasteiger partial charge < -0.3 is 5.21 Å². The predicted octanol–water partition coefficient (Wildman–Crippen LogP) is 4.49. The molecule has 0 unspecified atom stereocenters. The molecule has 1 aromatic carbocycles. The largest absolute Gasteiger partial charge is 0.316 e. The van der Waals surface area contributed by atoms with Crippen LogP contribution in [0.2, 0.25) is 0 Å². The Morgan fingerprint density at radius 2 is 1.63 bits per heavy atom. The Bertz CT molecular complexity index is 383. The molecule has 0 bridgehead atoms. The highest BCUT2D eigenvalue weighted by Crippen LogP contribution is 2.43. The second-order valence-corrected chi connectivity index (χ2v) is 6.99. The zero-order valence-electron chi connectivity index (χ0n) is 12.4. The summed E-state index contributed by atoms with van der Waals surface area (Å²) in [5.74, 6) is 1.61. The average Bonchev–Trinajstić information content (AvgIpc) is 2.39. The van der Waals surface area contributed by atoms with Crippen LogP contribution in [-0.2, 0) is 6.54 Å². The fraction of sp³-hybridized carbons (Fsp3) is 0.647. The molecule has 0 saturated heterocycles. The van der Waals surface area contributed by atoms with Gasteiger partial charge in [-0.25, -0.2) is 5.48 Å². The standard InChI is InChI=1S/C17H27NO/c1-17(2,3)16-10-8-15(9-11-16)14-6-4-13(5-7-14)12-18-19/h4-7,15-16,18-19H,8-12H2,1-3H3. The van der Waals surface area contributed by atoms with Crippen LogP contribution in [-0.4, -0.2) is 5.21 Å². The number of rotatable bonds is 3. The SMILES string of the molecule is CC(C)(C)C1CCC(c2ccc(CNO)cc2)CC1. The van der Waals surface area contributed by atoms with Crippen molar-refractivity contribution >= 4 is 0 Å². The monoisotopic (exact) mass is 261 g/mol. The summed E-state index contributed by atoms with van der Waals surface area (Å²) in [6, 6.07) is 8.70. The van der Waals surface area contributed by atoms with Crippen LogP contribution in [0, 0.1) is 11.3 Å². The van der Waals surface area contributed by atoms with E-state index in [1.807, 2.05) is 0 Å². The molecule has 2 nitrogen and oxygen atoms in total. The normalized spacial score (nSPS) is 24.4. The summed E-state index contributed by atoms with van der Waals surface area (Å²) < 4.78 is 0. The van der Waals surface area contributed by atoms with E-state index in [0.29, 0.717) is 12.0 Å². The van der Waals surface area contributed by atoms with E-state index in [9.17, 15) is 0 Å². The minimum Gasteiger partial charge on any atom is -0.316 e. The molecule has 19 heavy (non-hydrogen) atoms. The summed E-state index contributed by atoms with van der Waals surface area (Å²) in [6.07, 6.45) is 5.35. The van der Waals surface area contributed by atoms with Gasteiger partial charge in [0.05, 0.1) is 0 Å². The lowest BCUT2D eigenvalue weighted by molar-refractivity contribution is 0.161. The molecule has 0 aliphatic heterocycles. The lowest BCUT2D eigenvalue weighted by atomic mass is 9.68. The third kappa shape index (κ3) is 3.80. The minimum atomic E-state index is 0.460. The molecule has 2 N–H and O–H groups in total. The third-order valence-electron chi connectivity index (χ3n) is 4.69. The van der Waals surface area contributed by atoms with Crippen LogP contribution >= 0.6 is 0 Å². The summed E-state index contributed by atoms with van der Waals surface area (Å²) in [4.78, 5) is 0. The second kappa shape index (κ2) is 6.06. The molecule has 2 heteroatoms. The van der Waals surface area contributed by atoms with Crippen LogP contribution in [0.15, 0.2) is 24.3 Å². The van der Waals surface area contributed by atoms with Gasteiger partial charge in [0.15, 0.2) is 0 Å². The lowest BCUT2D eigenvalue weighted by Crippen LogP contribution is -2.25. The lowest BCUT2D eigenvalue weighted by Gasteiger charge is -2.37. The van der Waals surface area contributed by atoms with Gasteiger partial charge in [-0.15, -0.1) is 0 Å². The van der Waals surface area contributed by atoms with Gasteiger partial charge in [0.25, 0.3) is 0 Å². The second-order valence-electron chi connectivity index (χ2n) is 6.99. The molecule has 0 spiro atoms. The van der Waals surface area contributed by atoms with Crippen molar-refractivity contribution in [3.8, 4) is 0 Å². The number of hydrogen-bond acceptors (Lipinski definition) is 2.